The van der Waals surface area contributed by atoms with Crippen LogP contribution in [0.2, 0.25) is 0 Å². The fourth-order valence-electron chi connectivity index (χ4n) is 2.63. The van der Waals surface area contributed by atoms with Gasteiger partial charge in [0.05, 0.1) is 13.2 Å². The number of methoxy groups -OCH3 is 1. The van der Waals surface area contributed by atoms with Crippen molar-refractivity contribution in [3.05, 3.63) is 59.7 Å². The summed E-state index contributed by atoms with van der Waals surface area (Å²) in [7, 11) is 1.68. The summed E-state index contributed by atoms with van der Waals surface area (Å²) in [5, 5.41) is 7.36. The van der Waals surface area contributed by atoms with E-state index in [0.29, 0.717) is 11.0 Å². The number of aryl methyl sites for hydroxylation is 1. The molecule has 2 aromatic rings. The van der Waals surface area contributed by atoms with E-state index >= 15 is 0 Å². The lowest BCUT2D eigenvalue weighted by Crippen LogP contribution is -2.33. The summed E-state index contributed by atoms with van der Waals surface area (Å²) in [6, 6.07) is 16.5. The molecule has 4 heteroatoms. The Balaban J connectivity index is 2.08. The molecule has 0 unspecified atom stereocenters. The summed E-state index contributed by atoms with van der Waals surface area (Å²) in [6.07, 6.45) is 1.00. The van der Waals surface area contributed by atoms with E-state index in [1.54, 1.807) is 7.11 Å². The molecule has 0 fully saturated rings. The summed E-state index contributed by atoms with van der Waals surface area (Å²) < 4.78 is 5.24. The van der Waals surface area contributed by atoms with Crippen molar-refractivity contribution in [2.75, 3.05) is 12.4 Å². The van der Waals surface area contributed by atoms with Gasteiger partial charge in [-0.15, -0.1) is 0 Å². The van der Waals surface area contributed by atoms with E-state index in [1.165, 1.54) is 11.1 Å². The smallest absolute Gasteiger partial charge is 0.171 e. The van der Waals surface area contributed by atoms with Crippen LogP contribution in [0.5, 0.6) is 5.75 Å². The van der Waals surface area contributed by atoms with E-state index < -0.39 is 0 Å². The van der Waals surface area contributed by atoms with Gasteiger partial charge in [0.15, 0.2) is 5.11 Å². The van der Waals surface area contributed by atoms with Gasteiger partial charge in [0, 0.05) is 5.69 Å². The number of ether oxygens (including phenoxy) is 1. The Morgan fingerprint density at radius 3 is 2.42 bits per heavy atom. The highest BCUT2D eigenvalue weighted by molar-refractivity contribution is 7.80. The number of hydrogen-bond acceptors (Lipinski definition) is 2. The predicted molar refractivity (Wildman–Crippen MR) is 106 cm³/mol. The molecule has 0 radical (unpaired) electrons. The first-order valence-corrected chi connectivity index (χ1v) is 8.67. The first kappa shape index (κ1) is 18.3. The third-order valence-corrected chi connectivity index (χ3v) is 4.03. The number of hydrogen-bond donors (Lipinski definition) is 2. The second-order valence-electron chi connectivity index (χ2n) is 6.42. The van der Waals surface area contributed by atoms with Crippen molar-refractivity contribution in [1.82, 2.24) is 5.32 Å². The Morgan fingerprint density at radius 1 is 1.12 bits per heavy atom. The van der Waals surface area contributed by atoms with Crippen LogP contribution < -0.4 is 15.4 Å². The lowest BCUT2D eigenvalue weighted by Gasteiger charge is -2.23. The van der Waals surface area contributed by atoms with Gasteiger partial charge in [-0.05, 0) is 66.9 Å². The molecule has 0 bridgehead atoms. The first-order chi connectivity index (χ1) is 11.5. The fraction of sp³-hybridized carbons (Fsp3) is 0.350. The average molecular weight is 343 g/mol. The number of anilines is 1. The van der Waals surface area contributed by atoms with Crippen molar-refractivity contribution >= 4 is 23.0 Å². The van der Waals surface area contributed by atoms with E-state index in [0.717, 1.165) is 17.9 Å². The van der Waals surface area contributed by atoms with Gasteiger partial charge in [-0.1, -0.05) is 38.1 Å². The summed E-state index contributed by atoms with van der Waals surface area (Å²) in [5.74, 6) is 1.42. The third-order valence-electron chi connectivity index (χ3n) is 3.81. The van der Waals surface area contributed by atoms with Crippen LogP contribution in [0.3, 0.4) is 0 Å². The fourth-order valence-corrected chi connectivity index (χ4v) is 2.89. The molecular weight excluding hydrogens is 316 g/mol. The van der Waals surface area contributed by atoms with E-state index in [9.17, 15) is 0 Å². The third kappa shape index (κ3) is 5.53. The van der Waals surface area contributed by atoms with E-state index in [1.807, 2.05) is 24.3 Å². The minimum absolute atomic E-state index is 0.167. The van der Waals surface area contributed by atoms with Crippen LogP contribution >= 0.6 is 12.2 Å². The summed E-state index contributed by atoms with van der Waals surface area (Å²) >= 11 is 5.51. The quantitative estimate of drug-likeness (QED) is 0.718. The van der Waals surface area contributed by atoms with Crippen LogP contribution in [0.1, 0.15) is 37.4 Å². The molecule has 0 saturated carbocycles. The molecule has 0 heterocycles. The Bertz CT molecular complexity index is 668. The van der Waals surface area contributed by atoms with Gasteiger partial charge in [0.1, 0.15) is 5.75 Å². The number of thiocarbonyl (C=S) groups is 1. The molecule has 2 N–H and O–H groups in total. The SMILES string of the molecule is COc1ccc([C@@H](CC(C)C)NC(=S)Nc2cccc(C)c2)cc1. The van der Waals surface area contributed by atoms with Gasteiger partial charge in [0.25, 0.3) is 0 Å². The van der Waals surface area contributed by atoms with Crippen LogP contribution in [-0.2, 0) is 0 Å². The molecule has 0 aliphatic carbocycles. The molecule has 24 heavy (non-hydrogen) atoms. The molecule has 1 atom stereocenters. The lowest BCUT2D eigenvalue weighted by atomic mass is 9.97. The highest BCUT2D eigenvalue weighted by atomic mass is 32.1. The van der Waals surface area contributed by atoms with E-state index in [-0.39, 0.29) is 6.04 Å². The zero-order chi connectivity index (χ0) is 17.5. The maximum absolute atomic E-state index is 5.51. The van der Waals surface area contributed by atoms with Gasteiger partial charge in [-0.2, -0.15) is 0 Å². The van der Waals surface area contributed by atoms with Crippen LogP contribution in [0, 0.1) is 12.8 Å². The van der Waals surface area contributed by atoms with Crippen LogP contribution in [-0.4, -0.2) is 12.2 Å². The van der Waals surface area contributed by atoms with E-state index in [2.05, 4.69) is 55.7 Å². The van der Waals surface area contributed by atoms with Crippen LogP contribution in [0.25, 0.3) is 0 Å². The average Bonchev–Trinajstić information content (AvgIpc) is 2.54. The van der Waals surface area contributed by atoms with Crippen molar-refractivity contribution in [3.8, 4) is 5.75 Å². The Hall–Kier alpha value is -2.07. The van der Waals surface area contributed by atoms with E-state index in [4.69, 9.17) is 17.0 Å². The molecule has 2 aromatic carbocycles. The van der Waals surface area contributed by atoms with Gasteiger partial charge in [-0.3, -0.25) is 0 Å². The molecule has 0 aromatic heterocycles. The molecule has 0 aliphatic heterocycles. The molecule has 0 saturated heterocycles. The van der Waals surface area contributed by atoms with Gasteiger partial charge >= 0.3 is 0 Å². The maximum atomic E-state index is 5.51. The largest absolute Gasteiger partial charge is 0.497 e. The Kier molecular flexibility index (Phi) is 6.62. The summed E-state index contributed by atoms with van der Waals surface area (Å²) in [5.41, 5.74) is 3.42. The second kappa shape index (κ2) is 8.69. The zero-order valence-corrected chi connectivity index (χ0v) is 15.6. The topological polar surface area (TPSA) is 33.3 Å². The van der Waals surface area contributed by atoms with Gasteiger partial charge < -0.3 is 15.4 Å². The molecule has 0 spiro atoms. The first-order valence-electron chi connectivity index (χ1n) is 8.26. The lowest BCUT2D eigenvalue weighted by molar-refractivity contribution is 0.414. The van der Waals surface area contributed by atoms with Crippen LogP contribution in [0.15, 0.2) is 48.5 Å². The molecule has 128 valence electrons. The molecular formula is C20H26N2OS. The standard InChI is InChI=1S/C20H26N2OS/c1-14(2)12-19(16-8-10-18(23-4)11-9-16)22-20(24)21-17-7-5-6-15(3)13-17/h5-11,13-14,19H,12H2,1-4H3,(H2,21,22,24)/t19-/m1/s1. The van der Waals surface area contributed by atoms with Gasteiger partial charge in [0.2, 0.25) is 0 Å². The normalized spacial score (nSPS) is 11.9. The number of benzene rings is 2. The van der Waals surface area contributed by atoms with Crippen LogP contribution in [0.4, 0.5) is 5.69 Å². The van der Waals surface area contributed by atoms with Crippen molar-refractivity contribution < 1.29 is 4.74 Å². The molecule has 0 aliphatic rings. The predicted octanol–water partition coefficient (Wildman–Crippen LogP) is 5.08. The molecule has 0 amide bonds. The number of rotatable bonds is 6. The van der Waals surface area contributed by atoms with Crippen molar-refractivity contribution in [3.63, 3.8) is 0 Å². The monoisotopic (exact) mass is 342 g/mol. The minimum atomic E-state index is 0.167. The minimum Gasteiger partial charge on any atom is -0.497 e. The van der Waals surface area contributed by atoms with Crippen molar-refractivity contribution in [1.29, 1.82) is 0 Å². The molecule has 3 nitrogen and oxygen atoms in total. The maximum Gasteiger partial charge on any atom is 0.171 e. The number of nitrogens with one attached hydrogen (secondary N) is 2. The second-order valence-corrected chi connectivity index (χ2v) is 6.83. The molecule has 2 rings (SSSR count). The summed E-state index contributed by atoms with van der Waals surface area (Å²) in [4.78, 5) is 0. The Labute approximate surface area is 150 Å². The zero-order valence-electron chi connectivity index (χ0n) is 14.8. The summed E-state index contributed by atoms with van der Waals surface area (Å²) in [6.45, 7) is 6.51. The Morgan fingerprint density at radius 2 is 1.83 bits per heavy atom. The highest BCUT2D eigenvalue weighted by Crippen LogP contribution is 2.24. The van der Waals surface area contributed by atoms with Gasteiger partial charge in [-0.25, -0.2) is 0 Å². The highest BCUT2D eigenvalue weighted by Gasteiger charge is 2.15. The van der Waals surface area contributed by atoms with Crippen molar-refractivity contribution in [2.24, 2.45) is 5.92 Å². The van der Waals surface area contributed by atoms with Crippen molar-refractivity contribution in [2.45, 2.75) is 33.2 Å².